The average molecular weight is 321 g/mol. The molecule has 0 amide bonds. The number of hydrogen-bond donors (Lipinski definition) is 1. The molecule has 2 aliphatic rings. The quantitative estimate of drug-likeness (QED) is 0.844. The van der Waals surface area contributed by atoms with Gasteiger partial charge in [0.15, 0.2) is 0 Å². The van der Waals surface area contributed by atoms with E-state index >= 15 is 0 Å². The van der Waals surface area contributed by atoms with E-state index in [1.165, 1.54) is 29.7 Å². The van der Waals surface area contributed by atoms with Crippen LogP contribution in [-0.4, -0.2) is 59.5 Å². The molecular weight excluding hydrogens is 292 g/mol. The van der Waals surface area contributed by atoms with Gasteiger partial charge in [0.2, 0.25) is 0 Å². The van der Waals surface area contributed by atoms with Gasteiger partial charge in [-0.2, -0.15) is 0 Å². The fourth-order valence-corrected chi connectivity index (χ4v) is 4.42. The average Bonchev–Trinajstić information content (AvgIpc) is 2.89. The van der Waals surface area contributed by atoms with Gasteiger partial charge >= 0.3 is 0 Å². The summed E-state index contributed by atoms with van der Waals surface area (Å²) in [5, 5.41) is 10.9. The molecule has 1 aromatic rings. The van der Waals surface area contributed by atoms with E-state index in [-0.39, 0.29) is 0 Å². The van der Waals surface area contributed by atoms with Crippen molar-refractivity contribution in [2.45, 2.75) is 42.7 Å². The van der Waals surface area contributed by atoms with Crippen LogP contribution in [0.25, 0.3) is 0 Å². The molecule has 0 bridgehead atoms. The summed E-state index contributed by atoms with van der Waals surface area (Å²) in [4.78, 5) is 6.23. The van der Waals surface area contributed by atoms with E-state index in [0.717, 1.165) is 45.7 Å². The number of hydrogen-bond acceptors (Lipinski definition) is 4. The number of rotatable bonds is 5. The largest absolute Gasteiger partial charge is 0.387 e. The second-order valence-electron chi connectivity index (χ2n) is 6.83. The zero-order valence-corrected chi connectivity index (χ0v) is 14.4. The monoisotopic (exact) mass is 320 g/mol. The minimum Gasteiger partial charge on any atom is -0.387 e. The molecule has 0 unspecified atom stereocenters. The van der Waals surface area contributed by atoms with Crippen LogP contribution in [0.15, 0.2) is 29.2 Å². The maximum absolute atomic E-state index is 10.9. The minimum absolute atomic E-state index is 0.508. The van der Waals surface area contributed by atoms with Gasteiger partial charge in [-0.15, -0.1) is 11.8 Å². The Bertz CT molecular complexity index is 490. The van der Waals surface area contributed by atoms with Crippen LogP contribution >= 0.6 is 11.8 Å². The molecule has 0 radical (unpaired) electrons. The summed E-state index contributed by atoms with van der Waals surface area (Å²) in [6.07, 6.45) is 6.98. The van der Waals surface area contributed by atoms with Crippen molar-refractivity contribution in [2.75, 3.05) is 39.0 Å². The Morgan fingerprint density at radius 3 is 2.64 bits per heavy atom. The van der Waals surface area contributed by atoms with Crippen LogP contribution in [0.2, 0.25) is 0 Å². The van der Waals surface area contributed by atoms with E-state index in [1.54, 1.807) is 0 Å². The molecule has 1 N–H and O–H groups in total. The molecule has 2 aliphatic heterocycles. The second-order valence-corrected chi connectivity index (χ2v) is 7.68. The van der Waals surface area contributed by atoms with E-state index in [2.05, 4.69) is 40.3 Å². The third-order valence-electron chi connectivity index (χ3n) is 4.96. The number of β-amino-alcohol motifs (C(OH)–C–C–N with tert-alkyl or cyclic N) is 1. The summed E-state index contributed by atoms with van der Waals surface area (Å²) in [7, 11) is 0. The molecule has 0 aliphatic carbocycles. The van der Waals surface area contributed by atoms with E-state index in [0.29, 0.717) is 0 Å². The Hall–Kier alpha value is -0.550. The fourth-order valence-electron chi connectivity index (χ4n) is 3.81. The van der Waals surface area contributed by atoms with Crippen LogP contribution in [-0.2, 0) is 6.54 Å². The molecule has 0 aromatic heterocycles. The van der Waals surface area contributed by atoms with E-state index in [9.17, 15) is 5.11 Å². The lowest BCUT2D eigenvalue weighted by molar-refractivity contribution is 0.00630. The van der Waals surface area contributed by atoms with Crippen molar-refractivity contribution in [2.24, 2.45) is 0 Å². The second kappa shape index (κ2) is 7.35. The molecule has 22 heavy (non-hydrogen) atoms. The van der Waals surface area contributed by atoms with Gasteiger partial charge in [-0.1, -0.05) is 24.6 Å². The van der Waals surface area contributed by atoms with Crippen LogP contribution in [0.1, 0.15) is 31.2 Å². The molecule has 0 saturated carbocycles. The first-order chi connectivity index (χ1) is 10.7. The van der Waals surface area contributed by atoms with Gasteiger partial charge in [-0.25, -0.2) is 0 Å². The highest BCUT2D eigenvalue weighted by atomic mass is 32.2. The van der Waals surface area contributed by atoms with Crippen molar-refractivity contribution in [3.63, 3.8) is 0 Å². The number of thioether (sulfide) groups is 1. The highest BCUT2D eigenvalue weighted by Crippen LogP contribution is 2.27. The van der Waals surface area contributed by atoms with Crippen LogP contribution in [0.4, 0.5) is 0 Å². The maximum atomic E-state index is 10.9. The number of likely N-dealkylation sites (tertiary alicyclic amines) is 2. The highest BCUT2D eigenvalue weighted by Gasteiger charge is 2.37. The Balaban J connectivity index is 1.57. The number of benzene rings is 1. The molecule has 2 fully saturated rings. The lowest BCUT2D eigenvalue weighted by atomic mass is 10.0. The third-order valence-corrected chi connectivity index (χ3v) is 5.80. The highest BCUT2D eigenvalue weighted by molar-refractivity contribution is 7.98. The van der Waals surface area contributed by atoms with Crippen LogP contribution in [0, 0.1) is 0 Å². The van der Waals surface area contributed by atoms with Crippen molar-refractivity contribution < 1.29 is 5.11 Å². The van der Waals surface area contributed by atoms with Gasteiger partial charge in [0.1, 0.15) is 0 Å². The fraction of sp³-hybridized carbons (Fsp3) is 0.667. The first-order valence-corrected chi connectivity index (χ1v) is 9.70. The lowest BCUT2D eigenvalue weighted by Gasteiger charge is -2.33. The van der Waals surface area contributed by atoms with Crippen molar-refractivity contribution >= 4 is 11.8 Å². The zero-order valence-electron chi connectivity index (χ0n) is 13.6. The summed E-state index contributed by atoms with van der Waals surface area (Å²) >= 11 is 1.81. The maximum Gasteiger partial charge on any atom is 0.0912 e. The van der Waals surface area contributed by atoms with E-state index in [4.69, 9.17) is 0 Å². The number of piperidine rings is 1. The predicted molar refractivity (Wildman–Crippen MR) is 93.4 cm³/mol. The summed E-state index contributed by atoms with van der Waals surface area (Å²) in [5.41, 5.74) is 0.878. The van der Waals surface area contributed by atoms with Crippen LogP contribution in [0.5, 0.6) is 0 Å². The van der Waals surface area contributed by atoms with Gasteiger partial charge < -0.3 is 10.0 Å². The van der Waals surface area contributed by atoms with Crippen molar-refractivity contribution in [3.8, 4) is 0 Å². The lowest BCUT2D eigenvalue weighted by Crippen LogP contribution is -2.46. The normalized spacial score (nSPS) is 27.4. The molecule has 1 atom stereocenters. The molecule has 2 heterocycles. The predicted octanol–water partition coefficient (Wildman–Crippen LogP) is 2.83. The summed E-state index contributed by atoms with van der Waals surface area (Å²) in [6.45, 7) is 5.96. The van der Waals surface area contributed by atoms with Crippen molar-refractivity contribution in [1.29, 1.82) is 0 Å². The first-order valence-electron chi connectivity index (χ1n) is 8.47. The third kappa shape index (κ3) is 4.05. The summed E-state index contributed by atoms with van der Waals surface area (Å²) < 4.78 is 0. The Labute approximate surface area is 138 Å². The first kappa shape index (κ1) is 16.3. The van der Waals surface area contributed by atoms with Crippen molar-refractivity contribution in [1.82, 2.24) is 9.80 Å². The van der Waals surface area contributed by atoms with Crippen LogP contribution < -0.4 is 0 Å². The summed E-state index contributed by atoms with van der Waals surface area (Å²) in [6, 6.07) is 8.63. The molecule has 4 heteroatoms. The smallest absolute Gasteiger partial charge is 0.0912 e. The molecule has 1 aromatic carbocycles. The Morgan fingerprint density at radius 2 is 1.86 bits per heavy atom. The number of nitrogens with zero attached hydrogens (tertiary/aromatic N) is 2. The summed E-state index contributed by atoms with van der Waals surface area (Å²) in [5.74, 6) is 0. The number of aliphatic hydroxyl groups is 1. The van der Waals surface area contributed by atoms with E-state index < -0.39 is 5.60 Å². The standard InChI is InChI=1S/C18H28N2OS/c1-22-17-8-4-3-7-16(17)13-20-12-9-18(21,15-20)14-19-10-5-2-6-11-19/h3-4,7-8,21H,2,5-6,9-15H2,1H3/t18-/m0/s1. The zero-order chi connectivity index (χ0) is 15.4. The topological polar surface area (TPSA) is 26.7 Å². The minimum atomic E-state index is -0.508. The van der Waals surface area contributed by atoms with E-state index in [1.807, 2.05) is 11.8 Å². The van der Waals surface area contributed by atoms with Gasteiger partial charge in [0.25, 0.3) is 0 Å². The Kier molecular flexibility index (Phi) is 5.45. The van der Waals surface area contributed by atoms with Gasteiger partial charge in [-0.05, 0) is 50.2 Å². The van der Waals surface area contributed by atoms with Gasteiger partial charge in [0.05, 0.1) is 5.60 Å². The van der Waals surface area contributed by atoms with Crippen molar-refractivity contribution in [3.05, 3.63) is 29.8 Å². The van der Waals surface area contributed by atoms with Gasteiger partial charge in [0, 0.05) is 31.1 Å². The molecule has 3 nitrogen and oxygen atoms in total. The molecule has 2 saturated heterocycles. The van der Waals surface area contributed by atoms with Gasteiger partial charge in [-0.3, -0.25) is 4.90 Å². The van der Waals surface area contributed by atoms with Crippen LogP contribution in [0.3, 0.4) is 0 Å². The Morgan fingerprint density at radius 1 is 1.09 bits per heavy atom. The SMILES string of the molecule is CSc1ccccc1CN1CC[C@](O)(CN2CCCCC2)C1. The molecule has 3 rings (SSSR count). The molecule has 122 valence electrons. The molecule has 0 spiro atoms. The molecular formula is C18H28N2OS.